The summed E-state index contributed by atoms with van der Waals surface area (Å²) in [5, 5.41) is 60.0. The van der Waals surface area contributed by atoms with Crippen LogP contribution in [0.1, 0.15) is 110 Å². The summed E-state index contributed by atoms with van der Waals surface area (Å²) in [6.07, 6.45) is -11.0. The molecule has 0 saturated carbocycles. The van der Waals surface area contributed by atoms with Gasteiger partial charge in [0, 0.05) is 59.9 Å². The van der Waals surface area contributed by atoms with Crippen LogP contribution in [0, 0.1) is 23.7 Å². The van der Waals surface area contributed by atoms with E-state index in [1.807, 2.05) is 32.0 Å². The van der Waals surface area contributed by atoms with Crippen molar-refractivity contribution < 1.29 is 82.8 Å². The molecule has 81 heavy (non-hydrogen) atoms. The summed E-state index contributed by atoms with van der Waals surface area (Å²) in [5.41, 5.74) is 6.84. The molecule has 2 aliphatic heterocycles. The largest absolute Gasteiger partial charge is 0.479 e. The van der Waals surface area contributed by atoms with E-state index in [1.54, 1.807) is 65.6 Å². The number of hydrogen-bond acceptors (Lipinski definition) is 17. The highest BCUT2D eigenvalue weighted by Gasteiger charge is 2.49. The molecule has 24 heteroatoms. The summed E-state index contributed by atoms with van der Waals surface area (Å²) in [7, 11) is 6.00. The predicted molar refractivity (Wildman–Crippen MR) is 295 cm³/mol. The molecule has 2 fully saturated rings. The Morgan fingerprint density at radius 2 is 1.52 bits per heavy atom. The van der Waals surface area contributed by atoms with Gasteiger partial charge in [-0.1, -0.05) is 91.3 Å². The monoisotopic (exact) mass is 1140 g/mol. The van der Waals surface area contributed by atoms with Gasteiger partial charge in [-0.2, -0.15) is 0 Å². The summed E-state index contributed by atoms with van der Waals surface area (Å²) >= 11 is 0. The first-order valence-electron chi connectivity index (χ1n) is 27.8. The van der Waals surface area contributed by atoms with Crippen molar-refractivity contribution in [1.29, 1.82) is 0 Å². The van der Waals surface area contributed by atoms with Crippen LogP contribution in [0.2, 0.25) is 0 Å². The van der Waals surface area contributed by atoms with E-state index in [-0.39, 0.29) is 61.6 Å². The van der Waals surface area contributed by atoms with Gasteiger partial charge in [-0.25, -0.2) is 9.59 Å². The SMILES string of the molecule is CC[C@H](C)[C@@H]([C@@H](CC(=O)N1CCC[C@H]1[C@H](OC)[C@@H](C)C(=O)N[C@H](C)[C@@H](O)c1ccccc1)OC)N(C)C(=O)[C@@H](NC(=O)[C@H](C(C)C)N(C)C(=O)OCc1ccc(O[C@@H]2O[C@H](C(=O)O)[C@@H](O)[C@H](O)[C@H]2O)c(CNC(=O)CCN)c1)C(C)C. The molecule has 24 nitrogen and oxygen atoms in total. The highest BCUT2D eigenvalue weighted by molar-refractivity contribution is 5.92. The molecule has 2 aromatic rings. The average Bonchev–Trinajstić information content (AvgIpc) is 4.00. The number of aliphatic hydroxyl groups excluding tert-OH is 4. The zero-order valence-electron chi connectivity index (χ0n) is 48.9. The van der Waals surface area contributed by atoms with Crippen LogP contribution in [0.5, 0.6) is 5.75 Å². The van der Waals surface area contributed by atoms with E-state index >= 15 is 0 Å². The minimum absolute atomic E-state index is 0.0109. The molecular weight excluding hydrogens is 1050 g/mol. The molecule has 454 valence electrons. The fraction of sp³-hybridized carbons (Fsp3) is 0.667. The van der Waals surface area contributed by atoms with Crippen molar-refractivity contribution in [2.75, 3.05) is 41.4 Å². The van der Waals surface area contributed by atoms with Gasteiger partial charge in [0.25, 0.3) is 0 Å². The van der Waals surface area contributed by atoms with Gasteiger partial charge in [-0.05, 0) is 60.8 Å². The number of rotatable bonds is 29. The van der Waals surface area contributed by atoms with Crippen LogP contribution in [0.3, 0.4) is 0 Å². The van der Waals surface area contributed by atoms with Gasteiger partial charge in [-0.3, -0.25) is 28.9 Å². The fourth-order valence-electron chi connectivity index (χ4n) is 10.6. The summed E-state index contributed by atoms with van der Waals surface area (Å²) < 4.78 is 28.8. The number of methoxy groups -OCH3 is 2. The van der Waals surface area contributed by atoms with Crippen molar-refractivity contribution in [2.45, 2.75) is 180 Å². The molecule has 2 aliphatic rings. The van der Waals surface area contributed by atoms with Crippen molar-refractivity contribution in [3.05, 3.63) is 65.2 Å². The number of carbonyl (C=O) groups excluding carboxylic acids is 6. The molecule has 10 N–H and O–H groups in total. The number of hydrogen-bond donors (Lipinski definition) is 9. The van der Waals surface area contributed by atoms with Gasteiger partial charge in [-0.15, -0.1) is 0 Å². The Hall–Kier alpha value is -5.99. The molecule has 6 amide bonds. The average molecular weight is 1140 g/mol. The van der Waals surface area contributed by atoms with Crippen LogP contribution in [0.25, 0.3) is 0 Å². The van der Waals surface area contributed by atoms with Crippen LogP contribution >= 0.6 is 0 Å². The molecule has 0 spiro atoms. The first-order valence-corrected chi connectivity index (χ1v) is 27.8. The third-order valence-electron chi connectivity index (χ3n) is 15.5. The number of carbonyl (C=O) groups is 7. The number of benzene rings is 2. The minimum atomic E-state index is -1.96. The quantitative estimate of drug-likeness (QED) is 0.0561. The van der Waals surface area contributed by atoms with Crippen LogP contribution in [0.4, 0.5) is 4.79 Å². The summed E-state index contributed by atoms with van der Waals surface area (Å²) in [5.74, 6) is -5.51. The lowest BCUT2D eigenvalue weighted by atomic mass is 9.89. The van der Waals surface area contributed by atoms with Gasteiger partial charge < -0.3 is 80.7 Å². The second-order valence-corrected chi connectivity index (χ2v) is 21.9. The smallest absolute Gasteiger partial charge is 0.410 e. The number of nitrogens with two attached hydrogens (primary N) is 1. The first-order chi connectivity index (χ1) is 38.2. The van der Waals surface area contributed by atoms with Crippen molar-refractivity contribution in [3.8, 4) is 5.75 Å². The zero-order valence-corrected chi connectivity index (χ0v) is 48.9. The van der Waals surface area contributed by atoms with Gasteiger partial charge in [0.15, 0.2) is 6.10 Å². The maximum atomic E-state index is 14.8. The predicted octanol–water partition coefficient (Wildman–Crippen LogP) is 1.82. The van der Waals surface area contributed by atoms with Gasteiger partial charge >= 0.3 is 12.1 Å². The molecule has 15 atom stereocenters. The number of amides is 6. The summed E-state index contributed by atoms with van der Waals surface area (Å²) in [6.45, 7) is 14.4. The molecular formula is C57H89N7O17. The van der Waals surface area contributed by atoms with Crippen molar-refractivity contribution in [1.82, 2.24) is 30.7 Å². The van der Waals surface area contributed by atoms with Crippen LogP contribution < -0.4 is 26.4 Å². The third kappa shape index (κ3) is 17.5. The van der Waals surface area contributed by atoms with E-state index < -0.39 is 127 Å². The lowest BCUT2D eigenvalue weighted by molar-refractivity contribution is -0.271. The van der Waals surface area contributed by atoms with Crippen molar-refractivity contribution in [3.63, 3.8) is 0 Å². The van der Waals surface area contributed by atoms with Crippen molar-refractivity contribution in [2.24, 2.45) is 29.4 Å². The lowest BCUT2D eigenvalue weighted by Gasteiger charge is -2.41. The topological polar surface area (TPSA) is 339 Å². The first kappa shape index (κ1) is 67.5. The van der Waals surface area contributed by atoms with E-state index in [9.17, 15) is 59.1 Å². The second kappa shape index (κ2) is 31.4. The standard InChI is InChI=1S/C57H89N7O17/c1-13-32(6)45(40(77-11)27-42(66)64-25-17-20-38(64)50(78-12)33(7)52(71)60-34(8)46(67)36-18-15-14-16-19-36)62(9)54(73)43(30(2)3)61-53(72)44(31(4)5)63(10)57(76)79-29-35-21-22-39(37(26-35)28-59-41(65)23-24-58)80-56-49(70)47(68)48(69)51(81-56)55(74)75/h14-16,18-19,21-22,26,30-34,38,40,43-51,56,67-70H,13,17,20,23-25,27-29,58H2,1-12H3,(H,59,65)(H,60,71)(H,61,72)(H,74,75)/t32-,33+,34+,38-,40+,43-,44-,45-,46+,47-,48-,49+,50+,51-,56+/m0/s1. The van der Waals surface area contributed by atoms with Gasteiger partial charge in [0.05, 0.1) is 48.8 Å². The van der Waals surface area contributed by atoms with E-state index in [1.165, 1.54) is 44.4 Å². The number of ether oxygens (including phenoxy) is 5. The highest BCUT2D eigenvalue weighted by Crippen LogP contribution is 2.32. The molecule has 0 bridgehead atoms. The molecule has 0 aromatic heterocycles. The number of nitrogens with zero attached hydrogens (tertiary/aromatic N) is 3. The number of aliphatic carboxylic acids is 1. The minimum Gasteiger partial charge on any atom is -0.479 e. The molecule has 0 unspecified atom stereocenters. The summed E-state index contributed by atoms with van der Waals surface area (Å²) in [4.78, 5) is 99.5. The van der Waals surface area contributed by atoms with Gasteiger partial charge in [0.1, 0.15) is 42.8 Å². The Kier molecular flexibility index (Phi) is 26.2. The summed E-state index contributed by atoms with van der Waals surface area (Å²) in [6, 6.07) is 9.49. The number of carboxylic acids is 1. The number of carboxylic acid groups (broad SMARTS) is 1. The normalized spacial score (nSPS) is 22.5. The lowest BCUT2D eigenvalue weighted by Crippen LogP contribution is -2.61. The number of aliphatic hydroxyl groups is 4. The molecule has 0 aliphatic carbocycles. The second-order valence-electron chi connectivity index (χ2n) is 21.9. The van der Waals surface area contributed by atoms with E-state index in [2.05, 4.69) is 16.0 Å². The van der Waals surface area contributed by atoms with E-state index in [0.717, 1.165) is 4.90 Å². The maximum absolute atomic E-state index is 14.8. The van der Waals surface area contributed by atoms with E-state index in [0.29, 0.717) is 36.9 Å². The Morgan fingerprint density at radius 1 is 0.852 bits per heavy atom. The number of likely N-dealkylation sites (N-methyl/N-ethyl adjacent to an activating group) is 2. The molecule has 2 heterocycles. The maximum Gasteiger partial charge on any atom is 0.410 e. The fourth-order valence-corrected chi connectivity index (χ4v) is 10.6. The van der Waals surface area contributed by atoms with Crippen molar-refractivity contribution >= 4 is 41.6 Å². The number of likely N-dealkylation sites (tertiary alicyclic amines) is 1. The number of nitrogens with one attached hydrogen (secondary N) is 3. The Morgan fingerprint density at radius 3 is 2.10 bits per heavy atom. The Bertz CT molecular complexity index is 2400. The van der Waals surface area contributed by atoms with Crippen LogP contribution in [-0.2, 0) is 60.9 Å². The molecule has 2 saturated heterocycles. The Labute approximate surface area is 475 Å². The molecule has 2 aromatic carbocycles. The molecule has 0 radical (unpaired) electrons. The Balaban J connectivity index is 1.47. The van der Waals surface area contributed by atoms with Crippen LogP contribution in [0.15, 0.2) is 48.5 Å². The molecule has 4 rings (SSSR count). The zero-order chi connectivity index (χ0) is 60.6. The van der Waals surface area contributed by atoms with E-state index in [4.69, 9.17) is 29.4 Å². The third-order valence-corrected chi connectivity index (χ3v) is 15.5. The van der Waals surface area contributed by atoms with Gasteiger partial charge in [0.2, 0.25) is 35.8 Å². The van der Waals surface area contributed by atoms with Crippen LogP contribution in [-0.4, -0.2) is 196 Å². The highest BCUT2D eigenvalue weighted by atomic mass is 16.7.